The Hall–Kier alpha value is -1.58. The SMILES string of the molecule is C#CCN(C)C(=O)[C@@H](C)[C@@H]1CC[C@]2(C)Cc3sc(NCCCC)nc3[C@@H](C)[C@@H]2[C@H]1O. The number of anilines is 1. The molecule has 6 atom stereocenters. The third kappa shape index (κ3) is 4.24. The normalized spacial score (nSPS) is 31.2. The molecule has 0 unspecified atom stereocenters. The molecule has 1 aromatic rings. The third-order valence-electron chi connectivity index (χ3n) is 7.47. The second kappa shape index (κ2) is 9.28. The number of hydrogen-bond acceptors (Lipinski definition) is 5. The van der Waals surface area contributed by atoms with Crippen molar-refractivity contribution in [3.8, 4) is 12.3 Å². The van der Waals surface area contributed by atoms with E-state index in [-0.39, 0.29) is 35.0 Å². The molecule has 2 aliphatic carbocycles. The van der Waals surface area contributed by atoms with Crippen molar-refractivity contribution in [1.29, 1.82) is 0 Å². The summed E-state index contributed by atoms with van der Waals surface area (Å²) in [6.45, 7) is 9.92. The zero-order valence-corrected chi connectivity index (χ0v) is 19.9. The van der Waals surface area contributed by atoms with Crippen molar-refractivity contribution in [2.24, 2.45) is 23.2 Å². The van der Waals surface area contributed by atoms with Crippen LogP contribution in [0, 0.1) is 35.5 Å². The molecule has 1 aromatic heterocycles. The molecule has 1 fully saturated rings. The third-order valence-corrected chi connectivity index (χ3v) is 8.49. The highest BCUT2D eigenvalue weighted by Gasteiger charge is 2.54. The van der Waals surface area contributed by atoms with Gasteiger partial charge >= 0.3 is 0 Å². The fourth-order valence-corrected chi connectivity index (χ4v) is 7.03. The van der Waals surface area contributed by atoms with Gasteiger partial charge in [-0.25, -0.2) is 4.98 Å². The van der Waals surface area contributed by atoms with Crippen LogP contribution < -0.4 is 5.32 Å². The van der Waals surface area contributed by atoms with Gasteiger partial charge in [-0.1, -0.05) is 40.0 Å². The van der Waals surface area contributed by atoms with Crippen LogP contribution in [0.4, 0.5) is 5.13 Å². The fourth-order valence-electron chi connectivity index (χ4n) is 5.74. The topological polar surface area (TPSA) is 65.5 Å². The molecule has 1 amide bonds. The van der Waals surface area contributed by atoms with Crippen LogP contribution in [0.1, 0.15) is 69.9 Å². The number of amides is 1. The van der Waals surface area contributed by atoms with E-state index in [1.807, 2.05) is 6.92 Å². The molecule has 0 aromatic carbocycles. The lowest BCUT2D eigenvalue weighted by Crippen LogP contribution is -2.53. The van der Waals surface area contributed by atoms with Crippen molar-refractivity contribution >= 4 is 22.4 Å². The van der Waals surface area contributed by atoms with E-state index in [0.29, 0.717) is 6.54 Å². The molecule has 1 saturated carbocycles. The molecular formula is C24H37N3O2S. The number of hydrogen-bond donors (Lipinski definition) is 2. The molecule has 30 heavy (non-hydrogen) atoms. The maximum Gasteiger partial charge on any atom is 0.226 e. The molecule has 0 bridgehead atoms. The van der Waals surface area contributed by atoms with Crippen LogP contribution in [-0.2, 0) is 11.2 Å². The number of unbranched alkanes of at least 4 members (excludes halogenated alkanes) is 1. The van der Waals surface area contributed by atoms with E-state index in [1.165, 1.54) is 4.88 Å². The van der Waals surface area contributed by atoms with E-state index in [2.05, 4.69) is 32.0 Å². The molecule has 1 heterocycles. The minimum atomic E-state index is -0.511. The number of rotatable bonds is 7. The number of nitrogens with one attached hydrogen (secondary N) is 1. The predicted octanol–water partition coefficient (Wildman–Crippen LogP) is 4.14. The van der Waals surface area contributed by atoms with Gasteiger partial charge in [-0.15, -0.1) is 17.8 Å². The summed E-state index contributed by atoms with van der Waals surface area (Å²) in [5.74, 6) is 2.58. The van der Waals surface area contributed by atoms with Crippen LogP contribution in [0.5, 0.6) is 0 Å². The van der Waals surface area contributed by atoms with E-state index >= 15 is 0 Å². The average molecular weight is 432 g/mol. The summed E-state index contributed by atoms with van der Waals surface area (Å²) in [5, 5.41) is 16.0. The van der Waals surface area contributed by atoms with Gasteiger partial charge in [0, 0.05) is 30.3 Å². The number of aromatic nitrogens is 1. The first-order valence-electron chi connectivity index (χ1n) is 11.3. The van der Waals surface area contributed by atoms with Crippen LogP contribution in [0.25, 0.3) is 0 Å². The van der Waals surface area contributed by atoms with Crippen molar-refractivity contribution in [2.45, 2.75) is 71.8 Å². The first kappa shape index (κ1) is 23.1. The molecule has 6 heteroatoms. The van der Waals surface area contributed by atoms with Gasteiger partial charge in [0.05, 0.1) is 18.3 Å². The van der Waals surface area contributed by atoms with E-state index in [9.17, 15) is 9.90 Å². The second-order valence-electron chi connectivity index (χ2n) is 9.63. The van der Waals surface area contributed by atoms with Gasteiger partial charge in [0.25, 0.3) is 0 Å². The van der Waals surface area contributed by atoms with Crippen LogP contribution >= 0.6 is 11.3 Å². The quantitative estimate of drug-likeness (QED) is 0.503. The molecule has 0 aliphatic heterocycles. The molecule has 0 spiro atoms. The van der Waals surface area contributed by atoms with Gasteiger partial charge in [0.1, 0.15) is 0 Å². The monoisotopic (exact) mass is 431 g/mol. The maximum atomic E-state index is 12.8. The molecule has 2 aliphatic rings. The fraction of sp³-hybridized carbons (Fsp3) is 0.750. The lowest BCUT2D eigenvalue weighted by Gasteiger charge is -2.53. The van der Waals surface area contributed by atoms with Gasteiger partial charge < -0.3 is 15.3 Å². The van der Waals surface area contributed by atoms with E-state index in [0.717, 1.165) is 49.5 Å². The van der Waals surface area contributed by atoms with Gasteiger partial charge in [0.2, 0.25) is 5.91 Å². The zero-order valence-electron chi connectivity index (χ0n) is 19.1. The van der Waals surface area contributed by atoms with Crippen molar-refractivity contribution in [3.05, 3.63) is 10.6 Å². The summed E-state index contributed by atoms with van der Waals surface area (Å²) in [6.07, 6.45) is 10.0. The number of terminal acetylenes is 1. The summed E-state index contributed by atoms with van der Waals surface area (Å²) in [6, 6.07) is 0. The summed E-state index contributed by atoms with van der Waals surface area (Å²) in [7, 11) is 1.75. The van der Waals surface area contributed by atoms with Gasteiger partial charge in [-0.05, 0) is 42.9 Å². The summed E-state index contributed by atoms with van der Waals surface area (Å²) < 4.78 is 0. The van der Waals surface area contributed by atoms with Gasteiger partial charge in [-0.3, -0.25) is 4.79 Å². The zero-order chi connectivity index (χ0) is 22.1. The highest BCUT2D eigenvalue weighted by atomic mass is 32.1. The Morgan fingerprint density at radius 3 is 2.93 bits per heavy atom. The van der Waals surface area contributed by atoms with Gasteiger partial charge in [-0.2, -0.15) is 0 Å². The first-order valence-corrected chi connectivity index (χ1v) is 12.1. The summed E-state index contributed by atoms with van der Waals surface area (Å²) >= 11 is 1.78. The highest BCUT2D eigenvalue weighted by molar-refractivity contribution is 7.15. The highest BCUT2D eigenvalue weighted by Crippen LogP contribution is 2.57. The van der Waals surface area contributed by atoms with Crippen LogP contribution in [0.15, 0.2) is 0 Å². The predicted molar refractivity (Wildman–Crippen MR) is 124 cm³/mol. The Labute approximate surface area is 185 Å². The number of nitrogens with zero attached hydrogens (tertiary/aromatic N) is 2. The van der Waals surface area contributed by atoms with E-state index in [4.69, 9.17) is 11.4 Å². The summed E-state index contributed by atoms with van der Waals surface area (Å²) in [5.41, 5.74) is 1.19. The standard InChI is InChI=1S/C24H37N3O2S/c1-7-9-12-25-23-26-20-16(4)19-21(28)17(15(3)22(29)27(6)13-8-2)10-11-24(19,5)14-18(20)30-23/h2,15-17,19,21,28H,7,9-14H2,1,3-6H3,(H,25,26)/t15-,16-,17-,19+,21-,24+/m0/s1. The number of aliphatic hydroxyl groups is 1. The van der Waals surface area contributed by atoms with Crippen molar-refractivity contribution < 1.29 is 9.90 Å². The second-order valence-corrected chi connectivity index (χ2v) is 10.7. The number of carbonyl (C=O) groups excluding carboxylic acids is 1. The molecule has 0 saturated heterocycles. The largest absolute Gasteiger partial charge is 0.392 e. The number of thiazole rings is 1. The van der Waals surface area contributed by atoms with Crippen LogP contribution in [0.2, 0.25) is 0 Å². The Kier molecular flexibility index (Phi) is 7.14. The van der Waals surface area contributed by atoms with Crippen LogP contribution in [-0.4, -0.2) is 47.1 Å². The first-order chi connectivity index (χ1) is 14.2. The van der Waals surface area contributed by atoms with Gasteiger partial charge in [0.15, 0.2) is 5.13 Å². The van der Waals surface area contributed by atoms with E-state index in [1.54, 1.807) is 23.3 Å². The molecule has 0 radical (unpaired) electrons. The minimum Gasteiger partial charge on any atom is -0.392 e. The Morgan fingerprint density at radius 1 is 1.53 bits per heavy atom. The average Bonchev–Trinajstić information content (AvgIpc) is 3.09. The molecule has 166 valence electrons. The summed E-state index contributed by atoms with van der Waals surface area (Å²) in [4.78, 5) is 20.7. The van der Waals surface area contributed by atoms with E-state index < -0.39 is 6.10 Å². The molecular weight excluding hydrogens is 394 g/mol. The Morgan fingerprint density at radius 2 is 2.27 bits per heavy atom. The van der Waals surface area contributed by atoms with Crippen molar-refractivity contribution in [3.63, 3.8) is 0 Å². The molecule has 5 nitrogen and oxygen atoms in total. The van der Waals surface area contributed by atoms with Crippen molar-refractivity contribution in [1.82, 2.24) is 9.88 Å². The van der Waals surface area contributed by atoms with Crippen LogP contribution in [0.3, 0.4) is 0 Å². The maximum absolute atomic E-state index is 12.8. The number of fused-ring (bicyclic) bond motifs is 2. The number of aliphatic hydroxyl groups excluding tert-OH is 1. The Bertz CT molecular complexity index is 801. The molecule has 3 rings (SSSR count). The lowest BCUT2D eigenvalue weighted by atomic mass is 9.53. The Balaban J connectivity index is 1.80. The lowest BCUT2D eigenvalue weighted by molar-refractivity contribution is -0.142. The number of carbonyl (C=O) groups is 1. The minimum absolute atomic E-state index is 0.0285. The smallest absolute Gasteiger partial charge is 0.226 e. The van der Waals surface area contributed by atoms with Crippen molar-refractivity contribution in [2.75, 3.05) is 25.5 Å². The molecule has 2 N–H and O–H groups in total.